The molecule has 0 aliphatic carbocycles. The van der Waals surface area contributed by atoms with Gasteiger partial charge in [-0.25, -0.2) is 0 Å². The standard InChI is InChI=1S/C16H28N4O2/c1-2-3-4-5-8-20(16(21)15-6-7-17-18-15)10-9-19-11-13-22-14-12-19/h6-7H,2-5,8-14H2,1H3,(H,17,18). The molecule has 6 nitrogen and oxygen atoms in total. The van der Waals surface area contributed by atoms with Crippen molar-refractivity contribution in [3.05, 3.63) is 18.0 Å². The van der Waals surface area contributed by atoms with Crippen LogP contribution in [-0.2, 0) is 4.74 Å². The number of H-pyrrole nitrogens is 1. The molecule has 1 saturated heterocycles. The van der Waals surface area contributed by atoms with Crippen LogP contribution in [0.25, 0.3) is 0 Å². The first-order valence-electron chi connectivity index (χ1n) is 8.40. The zero-order chi connectivity index (χ0) is 15.6. The van der Waals surface area contributed by atoms with Gasteiger partial charge >= 0.3 is 0 Å². The van der Waals surface area contributed by atoms with Gasteiger partial charge < -0.3 is 9.64 Å². The molecule has 1 amide bonds. The molecule has 1 aromatic rings. The van der Waals surface area contributed by atoms with Gasteiger partial charge in [0.1, 0.15) is 5.69 Å². The highest BCUT2D eigenvalue weighted by Crippen LogP contribution is 2.07. The Hall–Kier alpha value is -1.40. The van der Waals surface area contributed by atoms with Gasteiger partial charge in [0, 0.05) is 38.9 Å². The Morgan fingerprint density at radius 3 is 2.82 bits per heavy atom. The van der Waals surface area contributed by atoms with Crippen molar-refractivity contribution in [1.82, 2.24) is 20.0 Å². The summed E-state index contributed by atoms with van der Waals surface area (Å²) >= 11 is 0. The van der Waals surface area contributed by atoms with Crippen LogP contribution < -0.4 is 0 Å². The molecule has 0 bridgehead atoms. The van der Waals surface area contributed by atoms with Crippen molar-refractivity contribution in [2.24, 2.45) is 0 Å². The number of carbonyl (C=O) groups excluding carboxylic acids is 1. The largest absolute Gasteiger partial charge is 0.379 e. The zero-order valence-corrected chi connectivity index (χ0v) is 13.6. The molecule has 124 valence electrons. The summed E-state index contributed by atoms with van der Waals surface area (Å²) in [7, 11) is 0. The number of amides is 1. The summed E-state index contributed by atoms with van der Waals surface area (Å²) in [5.41, 5.74) is 0.581. The van der Waals surface area contributed by atoms with Crippen LogP contribution in [0.4, 0.5) is 0 Å². The molecule has 22 heavy (non-hydrogen) atoms. The number of ether oxygens (including phenoxy) is 1. The molecule has 2 rings (SSSR count). The molecule has 0 saturated carbocycles. The van der Waals surface area contributed by atoms with E-state index in [0.717, 1.165) is 52.4 Å². The molecule has 1 aromatic heterocycles. The van der Waals surface area contributed by atoms with Crippen LogP contribution in [-0.4, -0.2) is 71.8 Å². The lowest BCUT2D eigenvalue weighted by molar-refractivity contribution is 0.0323. The maximum atomic E-state index is 12.6. The number of nitrogens with one attached hydrogen (secondary N) is 1. The predicted octanol–water partition coefficient (Wildman–Crippen LogP) is 1.76. The number of rotatable bonds is 9. The molecule has 1 N–H and O–H groups in total. The van der Waals surface area contributed by atoms with Crippen LogP contribution in [0, 0.1) is 0 Å². The molecule has 2 heterocycles. The molecular formula is C16H28N4O2. The molecule has 0 aromatic carbocycles. The number of aromatic amines is 1. The summed E-state index contributed by atoms with van der Waals surface area (Å²) in [6, 6.07) is 1.75. The molecular weight excluding hydrogens is 280 g/mol. The molecule has 1 aliphatic rings. The minimum atomic E-state index is 0.0576. The first-order chi connectivity index (χ1) is 10.8. The average molecular weight is 308 g/mol. The van der Waals surface area contributed by atoms with E-state index in [1.165, 1.54) is 19.3 Å². The van der Waals surface area contributed by atoms with Gasteiger partial charge in [0.05, 0.1) is 13.2 Å². The van der Waals surface area contributed by atoms with Gasteiger partial charge in [0.25, 0.3) is 5.91 Å². The molecule has 1 aliphatic heterocycles. The smallest absolute Gasteiger partial charge is 0.271 e. The van der Waals surface area contributed by atoms with Gasteiger partial charge in [-0.05, 0) is 12.5 Å². The highest BCUT2D eigenvalue weighted by molar-refractivity contribution is 5.92. The summed E-state index contributed by atoms with van der Waals surface area (Å²) in [4.78, 5) is 16.9. The third kappa shape index (κ3) is 5.42. The second kappa shape index (κ2) is 9.58. The second-order valence-corrected chi connectivity index (χ2v) is 5.78. The van der Waals surface area contributed by atoms with Crippen molar-refractivity contribution in [3.63, 3.8) is 0 Å². The van der Waals surface area contributed by atoms with Crippen LogP contribution in [0.3, 0.4) is 0 Å². The summed E-state index contributed by atoms with van der Waals surface area (Å²) in [6.07, 6.45) is 6.32. The van der Waals surface area contributed by atoms with Gasteiger partial charge in [-0.3, -0.25) is 14.8 Å². The van der Waals surface area contributed by atoms with E-state index in [9.17, 15) is 4.79 Å². The molecule has 6 heteroatoms. The molecule has 0 unspecified atom stereocenters. The van der Waals surface area contributed by atoms with Crippen molar-refractivity contribution in [1.29, 1.82) is 0 Å². The van der Waals surface area contributed by atoms with Crippen molar-refractivity contribution in [2.45, 2.75) is 32.6 Å². The maximum Gasteiger partial charge on any atom is 0.271 e. The molecule has 0 atom stereocenters. The number of aromatic nitrogens is 2. The normalized spacial score (nSPS) is 15.9. The van der Waals surface area contributed by atoms with Crippen LogP contribution in [0.2, 0.25) is 0 Å². The van der Waals surface area contributed by atoms with E-state index in [-0.39, 0.29) is 5.91 Å². The quantitative estimate of drug-likeness (QED) is 0.706. The Balaban J connectivity index is 1.84. The van der Waals surface area contributed by atoms with Crippen molar-refractivity contribution in [2.75, 3.05) is 45.9 Å². The third-order valence-corrected chi connectivity index (χ3v) is 4.09. The summed E-state index contributed by atoms with van der Waals surface area (Å²) in [5.74, 6) is 0.0576. The predicted molar refractivity (Wildman–Crippen MR) is 85.9 cm³/mol. The highest BCUT2D eigenvalue weighted by atomic mass is 16.5. The Bertz CT molecular complexity index is 416. The van der Waals surface area contributed by atoms with Crippen LogP contribution >= 0.6 is 0 Å². The highest BCUT2D eigenvalue weighted by Gasteiger charge is 2.18. The number of unbranched alkanes of at least 4 members (excludes halogenated alkanes) is 3. The van der Waals surface area contributed by atoms with Gasteiger partial charge in [-0.15, -0.1) is 0 Å². The number of hydrogen-bond acceptors (Lipinski definition) is 4. The van der Waals surface area contributed by atoms with Crippen LogP contribution in [0.5, 0.6) is 0 Å². The first-order valence-corrected chi connectivity index (χ1v) is 8.40. The maximum absolute atomic E-state index is 12.6. The van der Waals surface area contributed by atoms with Crippen molar-refractivity contribution < 1.29 is 9.53 Å². The fourth-order valence-corrected chi connectivity index (χ4v) is 2.68. The van der Waals surface area contributed by atoms with Gasteiger partial charge in [0.2, 0.25) is 0 Å². The lowest BCUT2D eigenvalue weighted by Gasteiger charge is -2.30. The minimum absolute atomic E-state index is 0.0576. The van der Waals surface area contributed by atoms with Gasteiger partial charge in [-0.2, -0.15) is 5.10 Å². The Labute approximate surface area is 132 Å². The zero-order valence-electron chi connectivity index (χ0n) is 13.6. The SMILES string of the molecule is CCCCCCN(CCN1CCOCC1)C(=O)c1ccn[nH]1. The van der Waals surface area contributed by atoms with Crippen molar-refractivity contribution >= 4 is 5.91 Å². The van der Waals surface area contributed by atoms with E-state index in [1.54, 1.807) is 12.3 Å². The van der Waals surface area contributed by atoms with E-state index in [0.29, 0.717) is 5.69 Å². The fraction of sp³-hybridized carbons (Fsp3) is 0.750. The monoisotopic (exact) mass is 308 g/mol. The minimum Gasteiger partial charge on any atom is -0.379 e. The van der Waals surface area contributed by atoms with E-state index in [4.69, 9.17) is 4.74 Å². The molecule has 0 spiro atoms. The number of carbonyl (C=O) groups is 1. The van der Waals surface area contributed by atoms with E-state index in [1.807, 2.05) is 4.90 Å². The second-order valence-electron chi connectivity index (χ2n) is 5.78. The number of morpholine rings is 1. The number of hydrogen-bond donors (Lipinski definition) is 1. The van der Waals surface area contributed by atoms with Gasteiger partial charge in [0.15, 0.2) is 0 Å². The molecule has 0 radical (unpaired) electrons. The Morgan fingerprint density at radius 2 is 2.14 bits per heavy atom. The Kier molecular flexibility index (Phi) is 7.39. The van der Waals surface area contributed by atoms with E-state index >= 15 is 0 Å². The summed E-state index contributed by atoms with van der Waals surface area (Å²) in [5, 5.41) is 6.67. The van der Waals surface area contributed by atoms with E-state index < -0.39 is 0 Å². The molecule has 1 fully saturated rings. The summed E-state index contributed by atoms with van der Waals surface area (Å²) in [6.45, 7) is 8.22. The fourth-order valence-electron chi connectivity index (χ4n) is 2.68. The van der Waals surface area contributed by atoms with Crippen LogP contribution in [0.1, 0.15) is 43.1 Å². The third-order valence-electron chi connectivity index (χ3n) is 4.09. The average Bonchev–Trinajstić information content (AvgIpc) is 3.09. The Morgan fingerprint density at radius 1 is 1.32 bits per heavy atom. The van der Waals surface area contributed by atoms with Crippen molar-refractivity contribution in [3.8, 4) is 0 Å². The summed E-state index contributed by atoms with van der Waals surface area (Å²) < 4.78 is 5.37. The van der Waals surface area contributed by atoms with Crippen LogP contribution in [0.15, 0.2) is 12.3 Å². The topological polar surface area (TPSA) is 61.5 Å². The lowest BCUT2D eigenvalue weighted by Crippen LogP contribution is -2.43. The van der Waals surface area contributed by atoms with E-state index in [2.05, 4.69) is 22.0 Å². The first kappa shape index (κ1) is 17.0. The lowest BCUT2D eigenvalue weighted by atomic mass is 10.2. The van der Waals surface area contributed by atoms with Gasteiger partial charge in [-0.1, -0.05) is 26.2 Å². The number of nitrogens with zero attached hydrogens (tertiary/aromatic N) is 3.